The molecule has 4 aromatic rings. The van der Waals surface area contributed by atoms with Gasteiger partial charge in [0.2, 0.25) is 5.91 Å². The van der Waals surface area contributed by atoms with Crippen LogP contribution in [0.25, 0.3) is 20.5 Å². The third-order valence-electron chi connectivity index (χ3n) is 4.89. The van der Waals surface area contributed by atoms with Gasteiger partial charge in [0.15, 0.2) is 0 Å². The number of hydrogen-bond acceptors (Lipinski definition) is 6. The molecule has 31 heavy (non-hydrogen) atoms. The van der Waals surface area contributed by atoms with Crippen molar-refractivity contribution >= 4 is 28.6 Å². The van der Waals surface area contributed by atoms with Crippen molar-refractivity contribution in [3.8, 4) is 20.5 Å². The van der Waals surface area contributed by atoms with E-state index in [1.807, 2.05) is 55.6 Å². The Morgan fingerprint density at radius 3 is 2.71 bits per heavy atom. The highest BCUT2D eigenvalue weighted by Crippen LogP contribution is 2.35. The third-order valence-corrected chi connectivity index (χ3v) is 7.10. The number of thiazole rings is 1. The molecular formula is C23H22N4O2S2. The third kappa shape index (κ3) is 4.98. The van der Waals surface area contributed by atoms with Gasteiger partial charge in [0.05, 0.1) is 28.4 Å². The molecule has 0 atom stereocenters. The smallest absolute Gasteiger partial charge is 0.266 e. The molecule has 4 rings (SSSR count). The van der Waals surface area contributed by atoms with Gasteiger partial charge in [-0.2, -0.15) is 5.10 Å². The molecule has 0 aliphatic carbocycles. The minimum absolute atomic E-state index is 0.0719. The number of aromatic nitrogens is 3. The molecule has 0 aliphatic heterocycles. The molecule has 1 aromatic carbocycles. The second-order valence-electron chi connectivity index (χ2n) is 7.14. The summed E-state index contributed by atoms with van der Waals surface area (Å²) in [6.45, 7) is 4.58. The number of benzene rings is 1. The molecule has 3 heterocycles. The number of nitrogens with one attached hydrogen (secondary N) is 1. The molecule has 0 bridgehead atoms. The fourth-order valence-electron chi connectivity index (χ4n) is 3.22. The van der Waals surface area contributed by atoms with Crippen molar-refractivity contribution in [2.24, 2.45) is 0 Å². The summed E-state index contributed by atoms with van der Waals surface area (Å²) >= 11 is 3.21. The molecule has 0 saturated heterocycles. The molecule has 0 aliphatic rings. The summed E-state index contributed by atoms with van der Waals surface area (Å²) in [4.78, 5) is 31.3. The highest BCUT2D eigenvalue weighted by Gasteiger charge is 2.14. The lowest BCUT2D eigenvalue weighted by molar-refractivity contribution is -0.120. The number of nitrogens with zero attached hydrogens (tertiary/aromatic N) is 3. The monoisotopic (exact) mass is 450 g/mol. The SMILES string of the molecule is Cc1ccccc1CC(=O)NCCn1nc(-c2sc(-c3cccs3)nc2C)ccc1=O. The van der Waals surface area contributed by atoms with E-state index < -0.39 is 0 Å². The summed E-state index contributed by atoms with van der Waals surface area (Å²) in [5, 5.41) is 10.4. The van der Waals surface area contributed by atoms with E-state index in [9.17, 15) is 9.59 Å². The van der Waals surface area contributed by atoms with E-state index in [1.54, 1.807) is 28.7 Å². The van der Waals surface area contributed by atoms with Gasteiger partial charge in [-0.3, -0.25) is 9.59 Å². The quantitative estimate of drug-likeness (QED) is 0.460. The Kier molecular flexibility index (Phi) is 6.39. The zero-order valence-electron chi connectivity index (χ0n) is 17.3. The van der Waals surface area contributed by atoms with Crippen molar-refractivity contribution in [2.75, 3.05) is 6.54 Å². The molecule has 0 unspecified atom stereocenters. The first-order valence-corrected chi connectivity index (χ1v) is 11.6. The fourth-order valence-corrected chi connectivity index (χ4v) is 5.04. The van der Waals surface area contributed by atoms with E-state index in [2.05, 4.69) is 15.4 Å². The Morgan fingerprint density at radius 2 is 1.94 bits per heavy atom. The number of carbonyl (C=O) groups is 1. The fraction of sp³-hybridized carbons (Fsp3) is 0.217. The summed E-state index contributed by atoms with van der Waals surface area (Å²) in [6, 6.07) is 15.1. The van der Waals surface area contributed by atoms with Crippen LogP contribution in [0.2, 0.25) is 0 Å². The maximum absolute atomic E-state index is 12.3. The Balaban J connectivity index is 1.43. The first-order chi connectivity index (χ1) is 15.0. The van der Waals surface area contributed by atoms with Crippen LogP contribution in [0.1, 0.15) is 16.8 Å². The maximum atomic E-state index is 12.3. The van der Waals surface area contributed by atoms with Crippen molar-refractivity contribution in [2.45, 2.75) is 26.8 Å². The van der Waals surface area contributed by atoms with Crippen molar-refractivity contribution in [3.05, 3.63) is 81.1 Å². The molecule has 0 fully saturated rings. The van der Waals surface area contributed by atoms with Crippen LogP contribution in [0.15, 0.2) is 58.7 Å². The summed E-state index contributed by atoms with van der Waals surface area (Å²) in [5.41, 5.74) is 3.49. The minimum atomic E-state index is -0.197. The van der Waals surface area contributed by atoms with E-state index in [-0.39, 0.29) is 11.5 Å². The topological polar surface area (TPSA) is 76.9 Å². The van der Waals surface area contributed by atoms with Crippen molar-refractivity contribution < 1.29 is 4.79 Å². The number of aryl methyl sites for hydroxylation is 2. The second-order valence-corrected chi connectivity index (χ2v) is 9.09. The van der Waals surface area contributed by atoms with Gasteiger partial charge in [-0.05, 0) is 42.5 Å². The van der Waals surface area contributed by atoms with Crippen LogP contribution in [0.4, 0.5) is 0 Å². The predicted octanol–water partition coefficient (Wildman–Crippen LogP) is 4.07. The summed E-state index contributed by atoms with van der Waals surface area (Å²) in [7, 11) is 0. The molecule has 0 radical (unpaired) electrons. The van der Waals surface area contributed by atoms with Gasteiger partial charge >= 0.3 is 0 Å². The zero-order valence-corrected chi connectivity index (χ0v) is 18.9. The highest BCUT2D eigenvalue weighted by atomic mass is 32.1. The normalized spacial score (nSPS) is 10.9. The number of carbonyl (C=O) groups excluding carboxylic acids is 1. The number of hydrogen-bond donors (Lipinski definition) is 1. The standard InChI is InChI=1S/C23H22N4O2S2/c1-15-6-3-4-7-17(15)14-20(28)24-11-12-27-21(29)10-9-18(26-27)22-16(2)25-23(31-22)19-8-5-13-30-19/h3-10,13H,11-12,14H2,1-2H3,(H,24,28). The van der Waals surface area contributed by atoms with Gasteiger partial charge in [0.1, 0.15) is 10.7 Å². The molecule has 0 saturated carbocycles. The lowest BCUT2D eigenvalue weighted by Gasteiger charge is -2.09. The molecule has 1 N–H and O–H groups in total. The van der Waals surface area contributed by atoms with Gasteiger partial charge in [-0.15, -0.1) is 22.7 Å². The van der Waals surface area contributed by atoms with Crippen LogP contribution in [-0.2, 0) is 17.8 Å². The van der Waals surface area contributed by atoms with Gasteiger partial charge < -0.3 is 5.32 Å². The Labute approximate surface area is 188 Å². The molecular weight excluding hydrogens is 428 g/mol. The average molecular weight is 451 g/mol. The largest absolute Gasteiger partial charge is 0.354 e. The van der Waals surface area contributed by atoms with Crippen molar-refractivity contribution in [1.82, 2.24) is 20.1 Å². The Bertz CT molecular complexity index is 1260. The van der Waals surface area contributed by atoms with Crippen LogP contribution >= 0.6 is 22.7 Å². The molecule has 6 nitrogen and oxygen atoms in total. The predicted molar refractivity (Wildman–Crippen MR) is 126 cm³/mol. The van der Waals surface area contributed by atoms with Gasteiger partial charge in [0, 0.05) is 12.6 Å². The van der Waals surface area contributed by atoms with Crippen LogP contribution in [0.3, 0.4) is 0 Å². The second kappa shape index (κ2) is 9.36. The number of amides is 1. The lowest BCUT2D eigenvalue weighted by Crippen LogP contribution is -2.32. The van der Waals surface area contributed by atoms with Gasteiger partial charge in [-0.1, -0.05) is 30.3 Å². The average Bonchev–Trinajstić information content (AvgIpc) is 3.41. The van der Waals surface area contributed by atoms with Gasteiger partial charge in [0.25, 0.3) is 5.56 Å². The first kappa shape index (κ1) is 21.1. The van der Waals surface area contributed by atoms with E-state index in [1.165, 1.54) is 10.7 Å². The zero-order chi connectivity index (χ0) is 21.8. The Morgan fingerprint density at radius 1 is 1.10 bits per heavy atom. The van der Waals surface area contributed by atoms with Crippen LogP contribution in [0, 0.1) is 13.8 Å². The maximum Gasteiger partial charge on any atom is 0.266 e. The van der Waals surface area contributed by atoms with Gasteiger partial charge in [-0.25, -0.2) is 9.67 Å². The molecule has 3 aromatic heterocycles. The molecule has 158 valence electrons. The highest BCUT2D eigenvalue weighted by molar-refractivity contribution is 7.23. The summed E-state index contributed by atoms with van der Waals surface area (Å²) in [5.74, 6) is -0.0719. The van der Waals surface area contributed by atoms with Crippen LogP contribution < -0.4 is 10.9 Å². The first-order valence-electron chi connectivity index (χ1n) is 9.92. The van der Waals surface area contributed by atoms with Crippen LogP contribution in [-0.4, -0.2) is 27.2 Å². The summed E-state index contributed by atoms with van der Waals surface area (Å²) in [6.07, 6.45) is 0.320. The minimum Gasteiger partial charge on any atom is -0.354 e. The van der Waals surface area contributed by atoms with Crippen LogP contribution in [0.5, 0.6) is 0 Å². The van der Waals surface area contributed by atoms with E-state index >= 15 is 0 Å². The Hall–Kier alpha value is -3.10. The molecule has 8 heteroatoms. The van der Waals surface area contributed by atoms with Crippen molar-refractivity contribution in [3.63, 3.8) is 0 Å². The van der Waals surface area contributed by atoms with E-state index in [4.69, 9.17) is 0 Å². The molecule has 0 spiro atoms. The van der Waals surface area contributed by atoms with Crippen molar-refractivity contribution in [1.29, 1.82) is 0 Å². The van der Waals surface area contributed by atoms with E-state index in [0.29, 0.717) is 25.2 Å². The van der Waals surface area contributed by atoms with E-state index in [0.717, 1.165) is 31.6 Å². The number of thiophene rings is 1. The lowest BCUT2D eigenvalue weighted by atomic mass is 10.1. The molecule has 1 amide bonds. The number of rotatable bonds is 7. The summed E-state index contributed by atoms with van der Waals surface area (Å²) < 4.78 is 1.40.